The van der Waals surface area contributed by atoms with Crippen LogP contribution in [0.25, 0.3) is 0 Å². The minimum atomic E-state index is -4.60. The van der Waals surface area contributed by atoms with E-state index in [4.69, 9.17) is 30.8 Å². The van der Waals surface area contributed by atoms with E-state index in [0.29, 0.717) is 0 Å². The number of phosphoric acid groups is 1. The minimum Gasteiger partial charge on any atom is -0.578 e. The van der Waals surface area contributed by atoms with Crippen LogP contribution in [0.2, 0.25) is 0 Å². The summed E-state index contributed by atoms with van der Waals surface area (Å²) in [5.74, 6) is -2.78. The summed E-state index contributed by atoms with van der Waals surface area (Å²) in [6.07, 6.45) is 0. The highest BCUT2D eigenvalue weighted by molar-refractivity contribution is 7.46. The number of rotatable bonds is 8. The number of carboxylic acid groups (broad SMARTS) is 2. The van der Waals surface area contributed by atoms with Crippen molar-refractivity contribution in [1.82, 2.24) is 5.09 Å². The Hall–Kier alpha value is -1.01. The van der Waals surface area contributed by atoms with Gasteiger partial charge in [-0.05, 0) is 0 Å². The molecule has 124 valence electrons. The van der Waals surface area contributed by atoms with Crippen molar-refractivity contribution in [2.75, 3.05) is 13.2 Å². The maximum Gasteiger partial charge on any atom is 0.469 e. The molecule has 0 bridgehead atoms. The van der Waals surface area contributed by atoms with Crippen molar-refractivity contribution in [2.24, 2.45) is 5.73 Å². The lowest BCUT2D eigenvalue weighted by Crippen LogP contribution is -2.36. The molecule has 0 heterocycles. The molecule has 0 aliphatic heterocycles. The van der Waals surface area contributed by atoms with Crippen LogP contribution in [0.5, 0.6) is 0 Å². The molecule has 0 radical (unpaired) electrons. The average molecular weight is 352 g/mol. The number of nitrogens with two attached hydrogens (primary N) is 1. The number of aliphatic hydroxyl groups is 1. The van der Waals surface area contributed by atoms with Gasteiger partial charge < -0.3 is 35.7 Å². The number of hydrogen-bond donors (Lipinski definition) is 7. The Kier molecular flexibility index (Phi) is 11.3. The monoisotopic (exact) mass is 352 g/mol. The van der Waals surface area contributed by atoms with Crippen molar-refractivity contribution < 1.29 is 53.2 Å². The van der Waals surface area contributed by atoms with Gasteiger partial charge in [0.1, 0.15) is 6.04 Å². The molecule has 15 heteroatoms. The maximum atomic E-state index is 9.98. The first-order chi connectivity index (χ1) is 9.40. The second-order valence-electron chi connectivity index (χ2n) is 3.19. The van der Waals surface area contributed by atoms with Crippen LogP contribution in [-0.4, -0.2) is 62.3 Å². The largest absolute Gasteiger partial charge is 0.578 e. The van der Waals surface area contributed by atoms with Gasteiger partial charge in [-0.25, -0.2) is 4.57 Å². The molecule has 0 spiro atoms. The van der Waals surface area contributed by atoms with Crippen molar-refractivity contribution in [1.29, 1.82) is 0 Å². The highest BCUT2D eigenvalue weighted by Gasteiger charge is 2.21. The van der Waals surface area contributed by atoms with E-state index in [2.05, 4.69) is 4.52 Å². The molecular formula is C6H14N2O11P2. The zero-order chi connectivity index (χ0) is 17.2. The first-order valence-corrected chi connectivity index (χ1v) is 7.54. The van der Waals surface area contributed by atoms with Gasteiger partial charge >= 0.3 is 27.9 Å². The first kappa shape index (κ1) is 22.3. The van der Waals surface area contributed by atoms with E-state index in [1.165, 1.54) is 0 Å². The number of carbonyl (C=O) groups is 2. The molecule has 8 N–H and O–H groups in total. The number of nitrogens with one attached hydrogen (secondary N) is 1. The fraction of sp³-hybridized carbons (Fsp3) is 0.667. The highest BCUT2D eigenvalue weighted by Crippen LogP contribution is 2.35. The summed E-state index contributed by atoms with van der Waals surface area (Å²) in [7, 11) is -7.57. The summed E-state index contributed by atoms with van der Waals surface area (Å²) in [5.41, 5.74) is 4.86. The summed E-state index contributed by atoms with van der Waals surface area (Å²) >= 11 is 0. The molecule has 0 saturated carbocycles. The SMILES string of the molecule is NC(COP(=O)(O)O)C(=O)O.O=C(O)C(CO)N[P+](=O)[O-]. The van der Waals surface area contributed by atoms with Gasteiger partial charge in [0, 0.05) is 0 Å². The fourth-order valence-electron chi connectivity index (χ4n) is 0.550. The van der Waals surface area contributed by atoms with Gasteiger partial charge in [0.25, 0.3) is 0 Å². The second kappa shape index (κ2) is 10.7. The van der Waals surface area contributed by atoms with Gasteiger partial charge in [-0.1, -0.05) is 9.65 Å². The predicted molar refractivity (Wildman–Crippen MR) is 62.9 cm³/mol. The van der Waals surface area contributed by atoms with E-state index in [1.807, 2.05) is 0 Å². The van der Waals surface area contributed by atoms with Gasteiger partial charge in [-0.3, -0.25) is 14.1 Å². The summed E-state index contributed by atoms with van der Waals surface area (Å²) in [5, 5.41) is 26.1. The molecule has 0 aromatic heterocycles. The fourth-order valence-corrected chi connectivity index (χ4v) is 1.35. The third-order valence-electron chi connectivity index (χ3n) is 1.48. The van der Waals surface area contributed by atoms with E-state index in [9.17, 15) is 23.6 Å². The standard InChI is InChI=1S/C3H8NO6P.C3H6NO5P/c4-2(3(5)6)1-10-11(7,8)9;5-1-2(3(6)7)4-10(8)9/h2H,1,4H2,(H,5,6)(H2,7,8,9);2,5H,1H2,(H,6,7)(H,4,8,9). The third-order valence-corrected chi connectivity index (χ3v) is 2.49. The van der Waals surface area contributed by atoms with Gasteiger partial charge in [0.2, 0.25) is 0 Å². The Labute approximate surface area is 118 Å². The smallest absolute Gasteiger partial charge is 0.469 e. The summed E-state index contributed by atoms with van der Waals surface area (Å²) in [6.45, 7) is -1.46. The van der Waals surface area contributed by atoms with E-state index in [-0.39, 0.29) is 0 Å². The Morgan fingerprint density at radius 3 is 2.00 bits per heavy atom. The van der Waals surface area contributed by atoms with Gasteiger partial charge in [-0.15, -0.1) is 0 Å². The molecule has 0 fully saturated rings. The molecule has 0 rings (SSSR count). The average Bonchev–Trinajstić information content (AvgIpc) is 2.32. The first-order valence-electron chi connectivity index (χ1n) is 4.83. The Bertz CT molecular complexity index is 410. The molecule has 3 atom stereocenters. The lowest BCUT2D eigenvalue weighted by molar-refractivity contribution is -0.169. The molecule has 0 saturated heterocycles. The Morgan fingerprint density at radius 2 is 1.81 bits per heavy atom. The molecule has 3 unspecified atom stereocenters. The zero-order valence-electron chi connectivity index (χ0n) is 10.2. The lowest BCUT2D eigenvalue weighted by atomic mass is 10.3. The third kappa shape index (κ3) is 15.2. The number of aliphatic carboxylic acids is 2. The Balaban J connectivity index is 0. The van der Waals surface area contributed by atoms with Crippen LogP contribution in [0, 0.1) is 0 Å². The summed E-state index contributed by atoms with van der Waals surface area (Å²) < 4.78 is 23.6. The van der Waals surface area contributed by atoms with E-state index < -0.39 is 53.2 Å². The van der Waals surface area contributed by atoms with Crippen molar-refractivity contribution >= 4 is 27.9 Å². The van der Waals surface area contributed by atoms with Gasteiger partial charge in [-0.2, -0.15) is 0 Å². The molecule has 0 aliphatic carbocycles. The number of aliphatic hydroxyl groups excluding tert-OH is 1. The molecule has 0 aromatic rings. The van der Waals surface area contributed by atoms with E-state index in [0.717, 1.165) is 0 Å². The lowest BCUT2D eigenvalue weighted by Gasteiger charge is -2.07. The van der Waals surface area contributed by atoms with Crippen LogP contribution in [-0.2, 0) is 23.2 Å². The molecule has 0 aromatic carbocycles. The highest BCUT2D eigenvalue weighted by atomic mass is 31.2. The summed E-state index contributed by atoms with van der Waals surface area (Å²) in [4.78, 5) is 45.9. The van der Waals surface area contributed by atoms with Crippen molar-refractivity contribution in [3.05, 3.63) is 0 Å². The van der Waals surface area contributed by atoms with E-state index >= 15 is 0 Å². The summed E-state index contributed by atoms with van der Waals surface area (Å²) in [6, 6.07) is -2.84. The van der Waals surface area contributed by atoms with Crippen LogP contribution < -0.4 is 15.7 Å². The van der Waals surface area contributed by atoms with Crippen molar-refractivity contribution in [2.45, 2.75) is 12.1 Å². The number of carboxylic acids is 2. The van der Waals surface area contributed by atoms with Crippen LogP contribution in [0.15, 0.2) is 0 Å². The maximum absolute atomic E-state index is 9.98. The molecule has 13 nitrogen and oxygen atoms in total. The molecule has 0 aliphatic rings. The predicted octanol–water partition coefficient (Wildman–Crippen LogP) is -3.45. The topological polar surface area (TPSA) is 240 Å². The number of phosphoric ester groups is 1. The van der Waals surface area contributed by atoms with Crippen LogP contribution in [0.1, 0.15) is 0 Å². The molecular weight excluding hydrogens is 338 g/mol. The van der Waals surface area contributed by atoms with Crippen molar-refractivity contribution in [3.8, 4) is 0 Å². The normalized spacial score (nSPS) is 14.4. The van der Waals surface area contributed by atoms with E-state index in [1.54, 1.807) is 5.09 Å². The van der Waals surface area contributed by atoms with Gasteiger partial charge in [0.05, 0.1) is 13.2 Å². The second-order valence-corrected chi connectivity index (χ2v) is 5.20. The molecule has 0 amide bonds. The van der Waals surface area contributed by atoms with Crippen LogP contribution >= 0.6 is 16.0 Å². The molecule has 21 heavy (non-hydrogen) atoms. The van der Waals surface area contributed by atoms with Gasteiger partial charge in [0.15, 0.2) is 6.04 Å². The van der Waals surface area contributed by atoms with Crippen molar-refractivity contribution in [3.63, 3.8) is 0 Å². The number of hydrogen-bond acceptors (Lipinski definition) is 8. The Morgan fingerprint density at radius 1 is 1.33 bits per heavy atom. The van der Waals surface area contributed by atoms with Crippen LogP contribution in [0.3, 0.4) is 0 Å². The minimum absolute atomic E-state index is 0.709. The quantitative estimate of drug-likeness (QED) is 0.210. The van der Waals surface area contributed by atoms with Crippen LogP contribution in [0.4, 0.5) is 0 Å². The zero-order valence-corrected chi connectivity index (χ0v) is 12.0.